The molecule has 4 aromatic rings. The molecule has 1 aromatic heterocycles. The number of nitrogens with one attached hydrogen (secondary N) is 2. The van der Waals surface area contributed by atoms with Crippen molar-refractivity contribution in [2.75, 3.05) is 18.7 Å². The molecule has 2 heterocycles. The Labute approximate surface area is 285 Å². The molecule has 2 saturated carbocycles. The third kappa shape index (κ3) is 6.23. The van der Waals surface area contributed by atoms with Crippen molar-refractivity contribution in [3.63, 3.8) is 0 Å². The summed E-state index contributed by atoms with van der Waals surface area (Å²) in [5, 5.41) is 16.1. The minimum Gasteiger partial charge on any atom is -0.493 e. The van der Waals surface area contributed by atoms with Crippen LogP contribution in [0.4, 0.5) is 5.69 Å². The van der Waals surface area contributed by atoms with E-state index in [2.05, 4.69) is 28.2 Å². The molecule has 3 aromatic carbocycles. The SMILES string of the molecule is CCOc1cc(NC(=O)C2(NC(=O)c3ccc4c(c3)c(C)c(-c3ccc5c(c3)OCO5)n4C3CCCCC3)CCC2)ccc1/C=C/C(=O)O. The molecule has 1 aliphatic heterocycles. The number of carbonyl (C=O) groups is 3. The molecule has 2 aliphatic carbocycles. The number of rotatable bonds is 10. The molecule has 49 heavy (non-hydrogen) atoms. The average Bonchev–Trinajstić information content (AvgIpc) is 3.67. The second-order valence-electron chi connectivity index (χ2n) is 13.1. The van der Waals surface area contributed by atoms with Gasteiger partial charge in [0, 0.05) is 51.5 Å². The topological polar surface area (TPSA) is 128 Å². The van der Waals surface area contributed by atoms with E-state index in [9.17, 15) is 14.4 Å². The molecule has 10 heteroatoms. The molecule has 3 N–H and O–H groups in total. The summed E-state index contributed by atoms with van der Waals surface area (Å²) in [4.78, 5) is 38.6. The van der Waals surface area contributed by atoms with Gasteiger partial charge in [0.15, 0.2) is 11.5 Å². The molecule has 0 unspecified atom stereocenters. The fourth-order valence-corrected chi connectivity index (χ4v) is 7.41. The predicted molar refractivity (Wildman–Crippen MR) is 187 cm³/mol. The van der Waals surface area contributed by atoms with Crippen molar-refractivity contribution in [1.82, 2.24) is 9.88 Å². The molecule has 2 fully saturated rings. The maximum atomic E-state index is 13.9. The van der Waals surface area contributed by atoms with E-state index in [0.717, 1.165) is 64.6 Å². The summed E-state index contributed by atoms with van der Waals surface area (Å²) in [6.45, 7) is 4.53. The zero-order chi connectivity index (χ0) is 34.1. The average molecular weight is 664 g/mol. The summed E-state index contributed by atoms with van der Waals surface area (Å²) in [6.07, 6.45) is 10.2. The lowest BCUT2D eigenvalue weighted by Crippen LogP contribution is -2.61. The molecule has 10 nitrogen and oxygen atoms in total. The van der Waals surface area contributed by atoms with E-state index in [1.807, 2.05) is 37.3 Å². The van der Waals surface area contributed by atoms with Crippen molar-refractivity contribution in [3.8, 4) is 28.5 Å². The zero-order valence-electron chi connectivity index (χ0n) is 27.8. The van der Waals surface area contributed by atoms with Gasteiger partial charge in [-0.1, -0.05) is 19.3 Å². The Morgan fingerprint density at radius 3 is 2.51 bits per heavy atom. The van der Waals surface area contributed by atoms with Gasteiger partial charge in [0.2, 0.25) is 12.7 Å². The first kappa shape index (κ1) is 32.3. The van der Waals surface area contributed by atoms with E-state index in [-0.39, 0.29) is 18.6 Å². The Kier molecular flexibility index (Phi) is 8.79. The quantitative estimate of drug-likeness (QED) is 0.149. The van der Waals surface area contributed by atoms with Gasteiger partial charge in [-0.3, -0.25) is 9.59 Å². The number of carboxylic acids is 1. The number of nitrogens with zero attached hydrogens (tertiary/aromatic N) is 1. The number of aliphatic carboxylic acids is 1. The van der Waals surface area contributed by atoms with E-state index in [4.69, 9.17) is 19.3 Å². The van der Waals surface area contributed by atoms with Crippen LogP contribution in [0.25, 0.3) is 28.2 Å². The summed E-state index contributed by atoms with van der Waals surface area (Å²) in [6, 6.07) is 17.4. The predicted octanol–water partition coefficient (Wildman–Crippen LogP) is 7.64. The van der Waals surface area contributed by atoms with Crippen LogP contribution in [0.2, 0.25) is 0 Å². The van der Waals surface area contributed by atoms with Crippen molar-refractivity contribution in [3.05, 3.63) is 77.4 Å². The highest BCUT2D eigenvalue weighted by atomic mass is 16.7. The van der Waals surface area contributed by atoms with Gasteiger partial charge < -0.3 is 34.5 Å². The fraction of sp³-hybridized carbons (Fsp3) is 0.359. The van der Waals surface area contributed by atoms with Gasteiger partial charge in [-0.15, -0.1) is 0 Å². The molecular formula is C39H41N3O7. The largest absolute Gasteiger partial charge is 0.493 e. The standard InChI is InChI=1S/C39H41N3O7/c1-3-47-33-22-28(14-10-25(33)13-17-35(43)44)40-38(46)39(18-7-19-39)41-37(45)27-11-15-31-30(20-27)24(2)36(42(31)29-8-5-4-6-9-29)26-12-16-32-34(21-26)49-23-48-32/h10-17,20-22,29H,3-9,18-19,23H2,1-2H3,(H,40,46)(H,41,45)(H,43,44)/b17-13+. The van der Waals surface area contributed by atoms with Gasteiger partial charge in [-0.05, 0) is 106 Å². The van der Waals surface area contributed by atoms with Crippen LogP contribution >= 0.6 is 0 Å². The van der Waals surface area contributed by atoms with Crippen molar-refractivity contribution in [2.24, 2.45) is 0 Å². The molecule has 0 saturated heterocycles. The van der Waals surface area contributed by atoms with Crippen molar-refractivity contribution >= 4 is 40.4 Å². The molecule has 3 aliphatic rings. The van der Waals surface area contributed by atoms with Gasteiger partial charge in [0.1, 0.15) is 11.3 Å². The highest BCUT2D eigenvalue weighted by molar-refractivity contribution is 6.06. The van der Waals surface area contributed by atoms with Gasteiger partial charge >= 0.3 is 5.97 Å². The number of hydrogen-bond donors (Lipinski definition) is 3. The number of ether oxygens (including phenoxy) is 3. The van der Waals surface area contributed by atoms with Crippen LogP contribution in [-0.2, 0) is 9.59 Å². The maximum absolute atomic E-state index is 13.9. The molecule has 0 spiro atoms. The molecule has 7 rings (SSSR count). The van der Waals surface area contributed by atoms with Crippen LogP contribution in [0.5, 0.6) is 17.2 Å². The smallest absolute Gasteiger partial charge is 0.328 e. The number of amides is 2. The number of aromatic nitrogens is 1. The Morgan fingerprint density at radius 1 is 0.980 bits per heavy atom. The highest BCUT2D eigenvalue weighted by Gasteiger charge is 2.45. The zero-order valence-corrected chi connectivity index (χ0v) is 27.8. The molecule has 2 amide bonds. The van der Waals surface area contributed by atoms with Crippen LogP contribution < -0.4 is 24.8 Å². The molecule has 0 atom stereocenters. The number of fused-ring (bicyclic) bond motifs is 2. The highest BCUT2D eigenvalue weighted by Crippen LogP contribution is 2.44. The maximum Gasteiger partial charge on any atom is 0.328 e. The van der Waals surface area contributed by atoms with Crippen molar-refractivity contribution < 1.29 is 33.7 Å². The van der Waals surface area contributed by atoms with Crippen LogP contribution in [-0.4, -0.2) is 46.4 Å². The van der Waals surface area contributed by atoms with E-state index in [0.29, 0.717) is 48.1 Å². The lowest BCUT2D eigenvalue weighted by molar-refractivity contribution is -0.131. The lowest BCUT2D eigenvalue weighted by atomic mass is 9.75. The fourth-order valence-electron chi connectivity index (χ4n) is 7.41. The molecular weight excluding hydrogens is 622 g/mol. The van der Waals surface area contributed by atoms with Gasteiger partial charge in [-0.25, -0.2) is 4.79 Å². The number of aryl methyl sites for hydroxylation is 1. The van der Waals surface area contributed by atoms with E-state index in [1.54, 1.807) is 18.2 Å². The van der Waals surface area contributed by atoms with Crippen LogP contribution in [0.3, 0.4) is 0 Å². The molecule has 254 valence electrons. The van der Waals surface area contributed by atoms with Gasteiger partial charge in [0.05, 0.1) is 12.3 Å². The summed E-state index contributed by atoms with van der Waals surface area (Å²) in [5.41, 5.74) is 4.91. The number of carbonyl (C=O) groups excluding carboxylic acids is 2. The second-order valence-corrected chi connectivity index (χ2v) is 13.1. The Hall–Kier alpha value is -5.25. The Morgan fingerprint density at radius 2 is 1.78 bits per heavy atom. The number of hydrogen-bond acceptors (Lipinski definition) is 6. The van der Waals surface area contributed by atoms with Gasteiger partial charge in [0.25, 0.3) is 5.91 Å². The third-order valence-corrected chi connectivity index (χ3v) is 10.1. The lowest BCUT2D eigenvalue weighted by Gasteiger charge is -2.40. The van der Waals surface area contributed by atoms with Crippen molar-refractivity contribution in [2.45, 2.75) is 76.8 Å². The summed E-state index contributed by atoms with van der Waals surface area (Å²) < 4.78 is 19.5. The first-order valence-corrected chi connectivity index (χ1v) is 17.1. The molecule has 0 bridgehead atoms. The third-order valence-electron chi connectivity index (χ3n) is 10.1. The normalized spacial score (nSPS) is 16.8. The van der Waals surface area contributed by atoms with Crippen LogP contribution in [0.15, 0.2) is 60.7 Å². The summed E-state index contributed by atoms with van der Waals surface area (Å²) in [5.74, 6) is 0.276. The van der Waals surface area contributed by atoms with E-state index < -0.39 is 11.5 Å². The second kappa shape index (κ2) is 13.3. The van der Waals surface area contributed by atoms with Crippen LogP contribution in [0.1, 0.15) is 85.8 Å². The number of carboxylic acid groups (broad SMARTS) is 1. The Balaban J connectivity index is 1.16. The Bertz CT molecular complexity index is 1970. The first-order chi connectivity index (χ1) is 23.8. The monoisotopic (exact) mass is 663 g/mol. The van der Waals surface area contributed by atoms with Crippen LogP contribution in [0, 0.1) is 6.92 Å². The summed E-state index contributed by atoms with van der Waals surface area (Å²) in [7, 11) is 0. The summed E-state index contributed by atoms with van der Waals surface area (Å²) >= 11 is 0. The van der Waals surface area contributed by atoms with E-state index in [1.165, 1.54) is 25.3 Å². The van der Waals surface area contributed by atoms with E-state index >= 15 is 0 Å². The minimum absolute atomic E-state index is 0.216. The molecule has 0 radical (unpaired) electrons. The minimum atomic E-state index is -1.07. The van der Waals surface area contributed by atoms with Crippen molar-refractivity contribution in [1.29, 1.82) is 0 Å². The first-order valence-electron chi connectivity index (χ1n) is 17.1. The number of anilines is 1. The number of benzene rings is 3. The van der Waals surface area contributed by atoms with Gasteiger partial charge in [-0.2, -0.15) is 0 Å².